The summed E-state index contributed by atoms with van der Waals surface area (Å²) in [7, 11) is -3.66. The van der Waals surface area contributed by atoms with Crippen molar-refractivity contribution < 1.29 is 13.2 Å². The molecule has 0 radical (unpaired) electrons. The molecule has 0 N–H and O–H groups in total. The highest BCUT2D eigenvalue weighted by Gasteiger charge is 2.31. The summed E-state index contributed by atoms with van der Waals surface area (Å²) in [4.78, 5) is 31.3. The first kappa shape index (κ1) is 23.1. The summed E-state index contributed by atoms with van der Waals surface area (Å²) in [5.74, 6) is -0.251. The summed E-state index contributed by atoms with van der Waals surface area (Å²) >= 11 is 0. The topological polar surface area (TPSA) is 92.6 Å². The minimum Gasteiger partial charge on any atom is -0.311 e. The van der Waals surface area contributed by atoms with E-state index in [9.17, 15) is 18.0 Å². The first-order chi connectivity index (χ1) is 15.8. The number of amides is 1. The van der Waals surface area contributed by atoms with Crippen LogP contribution in [0.25, 0.3) is 10.9 Å². The molecule has 2 aromatic carbocycles. The number of benzene rings is 2. The van der Waals surface area contributed by atoms with E-state index in [1.54, 1.807) is 15.3 Å². The number of carbonyl (C=O) groups excluding carboxylic acids is 1. The standard InChI is InChI=1S/C24H28N4O4S/c1-3-26(20-10-5-4-6-11-20)23(29)17-27-22-13-12-21(15-19(22)16-25-24(27)30)33(31,32)28-14-8-7-9-18(28)2/h4-6,10-13,15-16,18H,3,7-9,14,17H2,1-2H3/t18-/m1/s1. The van der Waals surface area contributed by atoms with Crippen LogP contribution in [0.3, 0.4) is 0 Å². The van der Waals surface area contributed by atoms with Crippen molar-refractivity contribution in [2.75, 3.05) is 18.0 Å². The second-order valence-electron chi connectivity index (χ2n) is 8.28. The number of para-hydroxylation sites is 1. The predicted octanol–water partition coefficient (Wildman–Crippen LogP) is 3.01. The molecule has 1 atom stereocenters. The number of sulfonamides is 1. The lowest BCUT2D eigenvalue weighted by atomic mass is 10.1. The number of fused-ring (bicyclic) bond motifs is 1. The van der Waals surface area contributed by atoms with Crippen LogP contribution in [-0.4, -0.2) is 47.3 Å². The molecule has 2 heterocycles. The van der Waals surface area contributed by atoms with Gasteiger partial charge in [-0.3, -0.25) is 9.36 Å². The van der Waals surface area contributed by atoms with Crippen molar-refractivity contribution in [3.05, 3.63) is 65.2 Å². The van der Waals surface area contributed by atoms with Gasteiger partial charge in [0.25, 0.3) is 0 Å². The molecule has 0 spiro atoms. The van der Waals surface area contributed by atoms with E-state index in [1.165, 1.54) is 22.9 Å². The third kappa shape index (κ3) is 4.56. The van der Waals surface area contributed by atoms with Crippen LogP contribution in [0.5, 0.6) is 0 Å². The van der Waals surface area contributed by atoms with Crippen LogP contribution in [0, 0.1) is 0 Å². The first-order valence-corrected chi connectivity index (χ1v) is 12.6. The molecule has 0 bridgehead atoms. The fourth-order valence-corrected chi connectivity index (χ4v) is 6.12. The molecule has 9 heteroatoms. The van der Waals surface area contributed by atoms with Crippen molar-refractivity contribution in [1.82, 2.24) is 13.9 Å². The van der Waals surface area contributed by atoms with E-state index in [4.69, 9.17) is 0 Å². The number of nitrogens with zero attached hydrogens (tertiary/aromatic N) is 4. The van der Waals surface area contributed by atoms with Gasteiger partial charge in [0, 0.05) is 36.4 Å². The van der Waals surface area contributed by atoms with Gasteiger partial charge in [-0.1, -0.05) is 24.6 Å². The maximum absolute atomic E-state index is 13.2. The zero-order valence-electron chi connectivity index (χ0n) is 18.8. The van der Waals surface area contributed by atoms with Gasteiger partial charge in [0.2, 0.25) is 15.9 Å². The third-order valence-corrected chi connectivity index (χ3v) is 8.17. The number of anilines is 1. The molecular formula is C24H28N4O4S. The second-order valence-corrected chi connectivity index (χ2v) is 10.2. The van der Waals surface area contributed by atoms with Crippen molar-refractivity contribution in [2.24, 2.45) is 0 Å². The Hall–Kier alpha value is -3.04. The van der Waals surface area contributed by atoms with E-state index in [1.807, 2.05) is 44.2 Å². The lowest BCUT2D eigenvalue weighted by Crippen LogP contribution is -2.41. The Morgan fingerprint density at radius 3 is 2.61 bits per heavy atom. The Morgan fingerprint density at radius 1 is 1.15 bits per heavy atom. The van der Waals surface area contributed by atoms with Crippen LogP contribution in [0.15, 0.2) is 64.4 Å². The molecule has 174 valence electrons. The van der Waals surface area contributed by atoms with E-state index in [-0.39, 0.29) is 23.4 Å². The van der Waals surface area contributed by atoms with Gasteiger partial charge >= 0.3 is 5.69 Å². The fourth-order valence-electron chi connectivity index (χ4n) is 4.39. The Morgan fingerprint density at radius 2 is 1.91 bits per heavy atom. The van der Waals surface area contributed by atoms with E-state index < -0.39 is 15.7 Å². The van der Waals surface area contributed by atoms with Gasteiger partial charge in [-0.25, -0.2) is 18.2 Å². The maximum atomic E-state index is 13.2. The molecule has 1 aliphatic rings. The van der Waals surface area contributed by atoms with Crippen molar-refractivity contribution in [1.29, 1.82) is 0 Å². The summed E-state index contributed by atoms with van der Waals surface area (Å²) in [6.45, 7) is 4.55. The van der Waals surface area contributed by atoms with Crippen LogP contribution in [0.1, 0.15) is 33.1 Å². The van der Waals surface area contributed by atoms with Gasteiger partial charge < -0.3 is 4.90 Å². The largest absolute Gasteiger partial charge is 0.348 e. The number of hydrogen-bond donors (Lipinski definition) is 0. The van der Waals surface area contributed by atoms with Gasteiger partial charge in [-0.2, -0.15) is 4.31 Å². The summed E-state index contributed by atoms with van der Waals surface area (Å²) in [6.07, 6.45) is 4.07. The van der Waals surface area contributed by atoms with E-state index in [0.717, 1.165) is 24.9 Å². The molecule has 1 saturated heterocycles. The molecule has 8 nitrogen and oxygen atoms in total. The monoisotopic (exact) mass is 468 g/mol. The molecule has 1 aliphatic heterocycles. The normalized spacial score (nSPS) is 17.2. The first-order valence-electron chi connectivity index (χ1n) is 11.2. The minimum atomic E-state index is -3.66. The molecule has 4 rings (SSSR count). The zero-order valence-corrected chi connectivity index (χ0v) is 19.7. The Balaban J connectivity index is 1.68. The molecule has 0 saturated carbocycles. The Labute approximate surface area is 193 Å². The highest BCUT2D eigenvalue weighted by molar-refractivity contribution is 7.89. The smallest absolute Gasteiger partial charge is 0.311 e. The highest BCUT2D eigenvalue weighted by atomic mass is 32.2. The lowest BCUT2D eigenvalue weighted by Gasteiger charge is -2.32. The van der Waals surface area contributed by atoms with Crippen molar-refractivity contribution >= 4 is 32.5 Å². The Bertz CT molecular complexity index is 1320. The zero-order chi connectivity index (χ0) is 23.6. The van der Waals surface area contributed by atoms with Crippen LogP contribution >= 0.6 is 0 Å². The van der Waals surface area contributed by atoms with Crippen molar-refractivity contribution in [3.63, 3.8) is 0 Å². The average Bonchev–Trinajstić information content (AvgIpc) is 2.82. The number of carbonyl (C=O) groups is 1. The minimum absolute atomic E-state index is 0.0536. The van der Waals surface area contributed by atoms with Crippen molar-refractivity contribution in [3.8, 4) is 0 Å². The number of aromatic nitrogens is 2. The van der Waals surface area contributed by atoms with Gasteiger partial charge in [0.15, 0.2) is 0 Å². The molecule has 3 aromatic rings. The molecule has 0 aliphatic carbocycles. The molecular weight excluding hydrogens is 440 g/mol. The van der Waals surface area contributed by atoms with Crippen LogP contribution in [-0.2, 0) is 21.4 Å². The van der Waals surface area contributed by atoms with Gasteiger partial charge in [-0.15, -0.1) is 0 Å². The molecule has 1 amide bonds. The summed E-state index contributed by atoms with van der Waals surface area (Å²) in [5, 5.41) is 0.496. The summed E-state index contributed by atoms with van der Waals surface area (Å²) < 4.78 is 29.3. The van der Waals surface area contributed by atoms with E-state index >= 15 is 0 Å². The maximum Gasteiger partial charge on any atom is 0.348 e. The summed E-state index contributed by atoms with van der Waals surface area (Å²) in [5.41, 5.74) is 0.661. The highest BCUT2D eigenvalue weighted by Crippen LogP contribution is 2.27. The SMILES string of the molecule is CCN(C(=O)Cn1c(=O)ncc2cc(S(=O)(=O)N3CCCC[C@H]3C)ccc21)c1ccccc1. The number of piperidine rings is 1. The Kier molecular flexibility index (Phi) is 6.62. The second kappa shape index (κ2) is 9.44. The predicted molar refractivity (Wildman–Crippen MR) is 128 cm³/mol. The molecule has 1 fully saturated rings. The molecule has 33 heavy (non-hydrogen) atoms. The van der Waals surface area contributed by atoms with Gasteiger partial charge in [0.1, 0.15) is 6.54 Å². The van der Waals surface area contributed by atoms with Gasteiger partial charge in [-0.05, 0) is 57.0 Å². The average molecular weight is 469 g/mol. The van der Waals surface area contributed by atoms with Crippen molar-refractivity contribution in [2.45, 2.75) is 50.6 Å². The molecule has 0 unspecified atom stereocenters. The quantitative estimate of drug-likeness (QED) is 0.555. The number of hydrogen-bond acceptors (Lipinski definition) is 5. The number of likely N-dealkylation sites (N-methyl/N-ethyl adjacent to an activating group) is 1. The third-order valence-electron chi connectivity index (χ3n) is 6.16. The van der Waals surface area contributed by atoms with Gasteiger partial charge in [0.05, 0.1) is 10.4 Å². The molecule has 1 aromatic heterocycles. The van der Waals surface area contributed by atoms with Crippen LogP contribution in [0.4, 0.5) is 5.69 Å². The van der Waals surface area contributed by atoms with Crippen LogP contribution in [0.2, 0.25) is 0 Å². The van der Waals surface area contributed by atoms with Crippen LogP contribution < -0.4 is 10.6 Å². The fraction of sp³-hybridized carbons (Fsp3) is 0.375. The van der Waals surface area contributed by atoms with E-state index in [0.29, 0.717) is 24.0 Å². The summed E-state index contributed by atoms with van der Waals surface area (Å²) in [6, 6.07) is 13.8. The lowest BCUT2D eigenvalue weighted by molar-refractivity contribution is -0.119. The number of rotatable bonds is 6. The van der Waals surface area contributed by atoms with E-state index in [2.05, 4.69) is 4.98 Å².